The third-order valence-electron chi connectivity index (χ3n) is 5.66. The van der Waals surface area contributed by atoms with E-state index in [-0.39, 0.29) is 30.7 Å². The van der Waals surface area contributed by atoms with Crippen LogP contribution < -0.4 is 20.3 Å². The Bertz CT molecular complexity index is 1040. The predicted octanol–water partition coefficient (Wildman–Crippen LogP) is 1.39. The van der Waals surface area contributed by atoms with Crippen LogP contribution in [-0.2, 0) is 37.2 Å². The normalized spacial score (nSPS) is 17.2. The highest BCUT2D eigenvalue weighted by Gasteiger charge is 2.36. The van der Waals surface area contributed by atoms with Crippen LogP contribution in [0, 0.1) is 5.92 Å². The topological polar surface area (TPSA) is 115 Å². The Hall–Kier alpha value is -3.05. The number of nitrogens with one attached hydrogen (secondary N) is 2. The number of carbonyl (C=O) groups excluding carboxylic acids is 3. The Morgan fingerprint density at radius 3 is 2.73 bits per heavy atom. The molecule has 2 aliphatic rings. The molecule has 2 aliphatic heterocycles. The summed E-state index contributed by atoms with van der Waals surface area (Å²) in [5, 5.41) is 10.3. The molecule has 1 saturated heterocycles. The van der Waals surface area contributed by atoms with Gasteiger partial charge in [0, 0.05) is 49.4 Å². The highest BCUT2D eigenvalue weighted by Crippen LogP contribution is 2.35. The van der Waals surface area contributed by atoms with Crippen LogP contribution in [0.2, 0.25) is 0 Å². The van der Waals surface area contributed by atoms with E-state index in [0.717, 1.165) is 28.5 Å². The average molecular weight is 474 g/mol. The molecule has 3 heterocycles. The van der Waals surface area contributed by atoms with Crippen molar-refractivity contribution in [3.63, 3.8) is 0 Å². The molecular formula is C22H27N5O5S. The largest absolute Gasteiger partial charge is 0.497 e. The molecule has 1 unspecified atom stereocenters. The van der Waals surface area contributed by atoms with Gasteiger partial charge in [-0.2, -0.15) is 16.9 Å². The number of nitrogens with zero attached hydrogens (tertiary/aromatic N) is 3. The molecule has 0 radical (unpaired) electrons. The van der Waals surface area contributed by atoms with Crippen molar-refractivity contribution in [2.24, 2.45) is 5.92 Å². The van der Waals surface area contributed by atoms with Crippen LogP contribution in [0.1, 0.15) is 17.7 Å². The van der Waals surface area contributed by atoms with Gasteiger partial charge in [-0.05, 0) is 24.3 Å². The molecule has 10 nitrogen and oxygen atoms in total. The molecule has 0 spiro atoms. The molecule has 3 amide bonds. The molecule has 1 atom stereocenters. The molecule has 11 heteroatoms. The van der Waals surface area contributed by atoms with Crippen LogP contribution in [0.25, 0.3) is 0 Å². The number of fused-ring (bicyclic) bond motifs is 1. The van der Waals surface area contributed by atoms with E-state index in [1.54, 1.807) is 59.8 Å². The van der Waals surface area contributed by atoms with Gasteiger partial charge in [-0.1, -0.05) is 0 Å². The summed E-state index contributed by atoms with van der Waals surface area (Å²) in [6.07, 6.45) is 0.125. The number of rotatable bonds is 9. The van der Waals surface area contributed by atoms with Crippen LogP contribution in [0.5, 0.6) is 5.75 Å². The van der Waals surface area contributed by atoms with E-state index in [4.69, 9.17) is 9.47 Å². The molecule has 2 N–H and O–H groups in total. The van der Waals surface area contributed by atoms with Gasteiger partial charge in [-0.3, -0.25) is 14.4 Å². The van der Waals surface area contributed by atoms with Gasteiger partial charge in [-0.15, -0.1) is 0 Å². The van der Waals surface area contributed by atoms with E-state index in [2.05, 4.69) is 15.7 Å². The summed E-state index contributed by atoms with van der Waals surface area (Å²) in [5.41, 5.74) is 2.54. The lowest BCUT2D eigenvalue weighted by Crippen LogP contribution is -2.32. The van der Waals surface area contributed by atoms with Crippen molar-refractivity contribution in [2.75, 3.05) is 44.1 Å². The minimum absolute atomic E-state index is 0.00142. The monoisotopic (exact) mass is 473 g/mol. The zero-order valence-corrected chi connectivity index (χ0v) is 19.4. The highest BCUT2D eigenvalue weighted by molar-refractivity contribution is 7.98. The molecule has 1 fully saturated rings. The molecule has 0 bridgehead atoms. The minimum atomic E-state index is -0.497. The van der Waals surface area contributed by atoms with Crippen molar-refractivity contribution in [3.05, 3.63) is 35.5 Å². The van der Waals surface area contributed by atoms with Gasteiger partial charge in [0.2, 0.25) is 17.7 Å². The molecule has 0 saturated carbocycles. The number of hydrogen-bond acceptors (Lipinski definition) is 7. The van der Waals surface area contributed by atoms with Crippen molar-refractivity contribution >= 4 is 41.0 Å². The molecule has 4 rings (SSSR count). The second-order valence-electron chi connectivity index (χ2n) is 7.86. The smallest absolute Gasteiger partial charge is 0.241 e. The standard InChI is InChI=1S/C22H27N5O5S/c1-31-8-7-23-19(28)11-27-21(17-12-33-13-18(17)25-27)24-22(30)14-9-20(29)26(10-14)15-3-5-16(32-2)6-4-15/h3-6,14H,7-13H2,1-2H3,(H,23,28)(H,24,30). The molecule has 1 aromatic carbocycles. The van der Waals surface area contributed by atoms with Gasteiger partial charge < -0.3 is 25.0 Å². The van der Waals surface area contributed by atoms with Crippen LogP contribution in [0.4, 0.5) is 11.5 Å². The first-order valence-corrected chi connectivity index (χ1v) is 11.8. The zero-order valence-electron chi connectivity index (χ0n) is 18.6. The van der Waals surface area contributed by atoms with Crippen LogP contribution in [0.15, 0.2) is 24.3 Å². The maximum Gasteiger partial charge on any atom is 0.241 e. The van der Waals surface area contributed by atoms with E-state index in [9.17, 15) is 14.4 Å². The fraction of sp³-hybridized carbons (Fsp3) is 0.455. The SMILES string of the molecule is COCCNC(=O)Cn1nc2c(c1NC(=O)C1CC(=O)N(c3ccc(OC)cc3)C1)CSC2. The Morgan fingerprint density at radius 1 is 1.21 bits per heavy atom. The van der Waals surface area contributed by atoms with E-state index >= 15 is 0 Å². The quantitative estimate of drug-likeness (QED) is 0.529. The van der Waals surface area contributed by atoms with Gasteiger partial charge >= 0.3 is 0 Å². The van der Waals surface area contributed by atoms with Crippen molar-refractivity contribution in [1.82, 2.24) is 15.1 Å². The fourth-order valence-corrected chi connectivity index (χ4v) is 4.95. The number of carbonyl (C=O) groups is 3. The average Bonchev–Trinajstić information content (AvgIpc) is 3.50. The number of anilines is 2. The number of ether oxygens (including phenoxy) is 2. The maximum absolute atomic E-state index is 13.1. The summed E-state index contributed by atoms with van der Waals surface area (Å²) in [6.45, 7) is 1.11. The van der Waals surface area contributed by atoms with Gasteiger partial charge in [0.15, 0.2) is 0 Å². The number of thioether (sulfide) groups is 1. The van der Waals surface area contributed by atoms with E-state index in [1.165, 1.54) is 0 Å². The first-order chi connectivity index (χ1) is 16.0. The number of methoxy groups -OCH3 is 2. The van der Waals surface area contributed by atoms with E-state index < -0.39 is 5.92 Å². The predicted molar refractivity (Wildman–Crippen MR) is 124 cm³/mol. The van der Waals surface area contributed by atoms with Crippen LogP contribution in [-0.4, -0.2) is 61.4 Å². The van der Waals surface area contributed by atoms with Crippen molar-refractivity contribution in [1.29, 1.82) is 0 Å². The molecule has 176 valence electrons. The molecule has 1 aromatic heterocycles. The number of benzene rings is 1. The summed E-state index contributed by atoms with van der Waals surface area (Å²) >= 11 is 1.71. The van der Waals surface area contributed by atoms with Gasteiger partial charge in [-0.25, -0.2) is 4.68 Å². The maximum atomic E-state index is 13.1. The summed E-state index contributed by atoms with van der Waals surface area (Å²) in [6, 6.07) is 7.18. The Balaban J connectivity index is 1.44. The summed E-state index contributed by atoms with van der Waals surface area (Å²) in [7, 11) is 3.15. The fourth-order valence-electron chi connectivity index (χ4n) is 3.92. The molecular weight excluding hydrogens is 446 g/mol. The zero-order chi connectivity index (χ0) is 23.4. The highest BCUT2D eigenvalue weighted by atomic mass is 32.2. The third kappa shape index (κ3) is 5.14. The van der Waals surface area contributed by atoms with Gasteiger partial charge in [0.1, 0.15) is 18.1 Å². The number of amides is 3. The molecule has 2 aromatic rings. The first-order valence-electron chi connectivity index (χ1n) is 10.7. The first kappa shape index (κ1) is 23.1. The van der Waals surface area contributed by atoms with Crippen molar-refractivity contribution in [2.45, 2.75) is 24.5 Å². The summed E-state index contributed by atoms with van der Waals surface area (Å²) in [5.74, 6) is 1.64. The molecule has 0 aliphatic carbocycles. The van der Waals surface area contributed by atoms with Crippen LogP contribution >= 0.6 is 11.8 Å². The van der Waals surface area contributed by atoms with Gasteiger partial charge in [0.05, 0.1) is 25.3 Å². The third-order valence-corrected chi connectivity index (χ3v) is 6.63. The van der Waals surface area contributed by atoms with E-state index in [0.29, 0.717) is 31.3 Å². The van der Waals surface area contributed by atoms with E-state index in [1.807, 2.05) is 0 Å². The lowest BCUT2D eigenvalue weighted by molar-refractivity contribution is -0.122. The lowest BCUT2D eigenvalue weighted by atomic mass is 10.1. The van der Waals surface area contributed by atoms with Crippen LogP contribution in [0.3, 0.4) is 0 Å². The Morgan fingerprint density at radius 2 is 2.00 bits per heavy atom. The second kappa shape index (κ2) is 10.3. The van der Waals surface area contributed by atoms with Crippen molar-refractivity contribution < 1.29 is 23.9 Å². The number of aromatic nitrogens is 2. The summed E-state index contributed by atoms with van der Waals surface area (Å²) < 4.78 is 11.7. The second-order valence-corrected chi connectivity index (χ2v) is 8.85. The lowest BCUT2D eigenvalue weighted by Gasteiger charge is -2.17. The molecule has 33 heavy (non-hydrogen) atoms. The van der Waals surface area contributed by atoms with Gasteiger partial charge in [0.25, 0.3) is 0 Å². The Kier molecular flexibility index (Phi) is 7.19. The summed E-state index contributed by atoms with van der Waals surface area (Å²) in [4.78, 5) is 39.6. The number of hydrogen-bond donors (Lipinski definition) is 2. The minimum Gasteiger partial charge on any atom is -0.497 e. The Labute approximate surface area is 196 Å². The van der Waals surface area contributed by atoms with Crippen molar-refractivity contribution in [3.8, 4) is 5.75 Å².